The molecule has 1 N–H and O–H groups in total. The molecule has 142 valence electrons. The van der Waals surface area contributed by atoms with E-state index in [1.165, 1.54) is 12.4 Å². The van der Waals surface area contributed by atoms with Gasteiger partial charge in [0.25, 0.3) is 0 Å². The van der Waals surface area contributed by atoms with Crippen LogP contribution in [-0.4, -0.2) is 41.1 Å². The molecule has 0 saturated heterocycles. The average Bonchev–Trinajstić information content (AvgIpc) is 3.13. The Morgan fingerprint density at radius 2 is 2.26 bits per heavy atom. The van der Waals surface area contributed by atoms with Crippen molar-refractivity contribution < 1.29 is 19.0 Å². The Kier molecular flexibility index (Phi) is 5.44. The highest BCUT2D eigenvalue weighted by molar-refractivity contribution is 5.92. The number of fused-ring (bicyclic) bond motifs is 1. The van der Waals surface area contributed by atoms with Crippen molar-refractivity contribution >= 4 is 11.9 Å². The zero-order chi connectivity index (χ0) is 19.4. The van der Waals surface area contributed by atoms with Crippen molar-refractivity contribution in [3.8, 4) is 11.5 Å². The maximum Gasteiger partial charge on any atom is 0.338 e. The summed E-state index contributed by atoms with van der Waals surface area (Å²) in [5.74, 6) is 1.20. The van der Waals surface area contributed by atoms with Crippen LogP contribution in [0, 0.1) is 0 Å². The molecule has 2 heterocycles. The van der Waals surface area contributed by atoms with E-state index in [0.29, 0.717) is 35.3 Å². The van der Waals surface area contributed by atoms with Gasteiger partial charge in [-0.15, -0.1) is 0 Å². The smallest absolute Gasteiger partial charge is 0.338 e. The molecule has 0 radical (unpaired) electrons. The molecule has 0 bridgehead atoms. The van der Waals surface area contributed by atoms with Gasteiger partial charge in [0.05, 0.1) is 19.3 Å². The fourth-order valence-electron chi connectivity index (χ4n) is 3.06. The summed E-state index contributed by atoms with van der Waals surface area (Å²) in [4.78, 5) is 17.0. The SMILES string of the molecule is C=CCOC(=O)C1=C(C)Nc2ncnn2C1c1cccc(OC)c1OCC. The first kappa shape index (κ1) is 18.5. The number of ether oxygens (including phenoxy) is 3. The van der Waals surface area contributed by atoms with E-state index in [2.05, 4.69) is 22.0 Å². The molecule has 1 aliphatic rings. The van der Waals surface area contributed by atoms with Crippen molar-refractivity contribution in [1.82, 2.24) is 14.8 Å². The Hall–Kier alpha value is -3.29. The third-order valence-corrected chi connectivity index (χ3v) is 4.16. The summed E-state index contributed by atoms with van der Waals surface area (Å²) < 4.78 is 18.3. The van der Waals surface area contributed by atoms with Crippen LogP contribution in [-0.2, 0) is 9.53 Å². The van der Waals surface area contributed by atoms with Gasteiger partial charge in [-0.1, -0.05) is 24.8 Å². The highest BCUT2D eigenvalue weighted by Crippen LogP contribution is 2.42. The topological polar surface area (TPSA) is 87.5 Å². The van der Waals surface area contributed by atoms with E-state index in [1.54, 1.807) is 18.7 Å². The first-order chi connectivity index (χ1) is 13.1. The van der Waals surface area contributed by atoms with E-state index in [1.807, 2.05) is 25.1 Å². The Morgan fingerprint density at radius 3 is 2.96 bits per heavy atom. The van der Waals surface area contributed by atoms with Crippen molar-refractivity contribution in [1.29, 1.82) is 0 Å². The van der Waals surface area contributed by atoms with E-state index in [9.17, 15) is 4.79 Å². The molecule has 1 unspecified atom stereocenters. The number of nitrogens with one attached hydrogen (secondary N) is 1. The van der Waals surface area contributed by atoms with Gasteiger partial charge in [0.2, 0.25) is 5.95 Å². The zero-order valence-electron chi connectivity index (χ0n) is 15.6. The van der Waals surface area contributed by atoms with Crippen molar-refractivity contribution in [3.05, 3.63) is 54.0 Å². The molecule has 0 fully saturated rings. The fourth-order valence-corrected chi connectivity index (χ4v) is 3.06. The van der Waals surface area contributed by atoms with Gasteiger partial charge in [0.1, 0.15) is 19.0 Å². The summed E-state index contributed by atoms with van der Waals surface area (Å²) in [5, 5.41) is 7.40. The second kappa shape index (κ2) is 7.94. The number of methoxy groups -OCH3 is 1. The maximum absolute atomic E-state index is 12.8. The molecule has 0 spiro atoms. The van der Waals surface area contributed by atoms with Gasteiger partial charge in [-0.05, 0) is 19.9 Å². The Balaban J connectivity index is 2.19. The molecule has 1 atom stereocenters. The van der Waals surface area contributed by atoms with Crippen molar-refractivity contribution in [2.24, 2.45) is 0 Å². The van der Waals surface area contributed by atoms with Crippen LogP contribution in [0.3, 0.4) is 0 Å². The number of rotatable bonds is 7. The van der Waals surface area contributed by atoms with E-state index in [0.717, 1.165) is 5.56 Å². The molecule has 0 aliphatic carbocycles. The number of benzene rings is 1. The van der Waals surface area contributed by atoms with Crippen LogP contribution >= 0.6 is 0 Å². The number of carbonyl (C=O) groups is 1. The monoisotopic (exact) mass is 370 g/mol. The number of hydrogen-bond acceptors (Lipinski definition) is 7. The second-order valence-electron chi connectivity index (χ2n) is 5.79. The van der Waals surface area contributed by atoms with E-state index in [4.69, 9.17) is 14.2 Å². The highest BCUT2D eigenvalue weighted by Gasteiger charge is 2.36. The Labute approximate surface area is 157 Å². The predicted octanol–water partition coefficient (Wildman–Crippen LogP) is 2.70. The second-order valence-corrected chi connectivity index (χ2v) is 5.79. The molecular weight excluding hydrogens is 348 g/mol. The Bertz CT molecular complexity index is 888. The van der Waals surface area contributed by atoms with Gasteiger partial charge in [-0.2, -0.15) is 10.1 Å². The highest BCUT2D eigenvalue weighted by atomic mass is 16.5. The maximum atomic E-state index is 12.8. The van der Waals surface area contributed by atoms with Gasteiger partial charge in [0, 0.05) is 11.3 Å². The Morgan fingerprint density at radius 1 is 1.44 bits per heavy atom. The lowest BCUT2D eigenvalue weighted by atomic mass is 9.94. The molecule has 1 aromatic heterocycles. The third-order valence-electron chi connectivity index (χ3n) is 4.16. The molecule has 1 aliphatic heterocycles. The normalized spacial score (nSPS) is 15.6. The van der Waals surface area contributed by atoms with Crippen LogP contribution in [0.1, 0.15) is 25.5 Å². The minimum Gasteiger partial charge on any atom is -0.493 e. The number of anilines is 1. The van der Waals surface area contributed by atoms with Gasteiger partial charge in [-0.3, -0.25) is 0 Å². The average molecular weight is 370 g/mol. The van der Waals surface area contributed by atoms with Gasteiger partial charge in [0.15, 0.2) is 11.5 Å². The minimum absolute atomic E-state index is 0.114. The lowest BCUT2D eigenvalue weighted by Gasteiger charge is -2.29. The number of allylic oxidation sites excluding steroid dienone is 1. The quantitative estimate of drug-likeness (QED) is 0.592. The molecular formula is C19H22N4O4. The predicted molar refractivity (Wildman–Crippen MR) is 99.8 cm³/mol. The summed E-state index contributed by atoms with van der Waals surface area (Å²) in [5.41, 5.74) is 1.79. The largest absolute Gasteiger partial charge is 0.493 e. The molecule has 0 saturated carbocycles. The summed E-state index contributed by atoms with van der Waals surface area (Å²) in [6, 6.07) is 4.96. The van der Waals surface area contributed by atoms with Crippen LogP contribution in [0.2, 0.25) is 0 Å². The van der Waals surface area contributed by atoms with E-state index in [-0.39, 0.29) is 6.61 Å². The molecule has 8 nitrogen and oxygen atoms in total. The van der Waals surface area contributed by atoms with Gasteiger partial charge >= 0.3 is 5.97 Å². The minimum atomic E-state index is -0.572. The summed E-state index contributed by atoms with van der Waals surface area (Å²) in [7, 11) is 1.57. The van der Waals surface area contributed by atoms with Crippen LogP contribution in [0.4, 0.5) is 5.95 Å². The summed E-state index contributed by atoms with van der Waals surface area (Å²) >= 11 is 0. The summed E-state index contributed by atoms with van der Waals surface area (Å²) in [6.45, 7) is 7.84. The lowest BCUT2D eigenvalue weighted by molar-refractivity contribution is -0.138. The molecule has 2 aromatic rings. The fraction of sp³-hybridized carbons (Fsp3) is 0.316. The third kappa shape index (κ3) is 3.38. The molecule has 27 heavy (non-hydrogen) atoms. The van der Waals surface area contributed by atoms with Crippen LogP contribution in [0.25, 0.3) is 0 Å². The molecule has 8 heteroatoms. The number of nitrogens with zero attached hydrogens (tertiary/aromatic N) is 3. The first-order valence-corrected chi connectivity index (χ1v) is 8.57. The molecule has 1 aromatic carbocycles. The van der Waals surface area contributed by atoms with Crippen molar-refractivity contribution in [2.45, 2.75) is 19.9 Å². The van der Waals surface area contributed by atoms with Crippen molar-refractivity contribution in [3.63, 3.8) is 0 Å². The van der Waals surface area contributed by atoms with Crippen molar-refractivity contribution in [2.75, 3.05) is 25.6 Å². The van der Waals surface area contributed by atoms with E-state index < -0.39 is 12.0 Å². The van der Waals surface area contributed by atoms with Gasteiger partial charge < -0.3 is 19.5 Å². The zero-order valence-corrected chi connectivity index (χ0v) is 15.6. The van der Waals surface area contributed by atoms with E-state index >= 15 is 0 Å². The van der Waals surface area contributed by atoms with Gasteiger partial charge in [-0.25, -0.2) is 9.48 Å². The van der Waals surface area contributed by atoms with Crippen LogP contribution < -0.4 is 14.8 Å². The van der Waals surface area contributed by atoms with Crippen LogP contribution in [0.15, 0.2) is 48.5 Å². The standard InChI is InChI=1S/C19H22N4O4/c1-5-10-27-18(24)15-12(3)22-19-20-11-21-23(19)16(15)13-8-7-9-14(25-4)17(13)26-6-2/h5,7-9,11,16H,1,6,10H2,2-4H3,(H,20,21,22). The molecule has 0 amide bonds. The summed E-state index contributed by atoms with van der Waals surface area (Å²) in [6.07, 6.45) is 2.96. The number of carbonyl (C=O) groups excluding carboxylic acids is 1. The number of aromatic nitrogens is 3. The van der Waals surface area contributed by atoms with Crippen LogP contribution in [0.5, 0.6) is 11.5 Å². The lowest BCUT2D eigenvalue weighted by Crippen LogP contribution is -2.30. The first-order valence-electron chi connectivity index (χ1n) is 8.57. The number of para-hydroxylation sites is 1. The number of esters is 1. The molecule has 3 rings (SSSR count). The number of hydrogen-bond donors (Lipinski definition) is 1.